The minimum atomic E-state index is 0. The van der Waals surface area contributed by atoms with Crippen molar-refractivity contribution in [1.82, 2.24) is 0 Å². The summed E-state index contributed by atoms with van der Waals surface area (Å²) in [6, 6.07) is 17.1. The van der Waals surface area contributed by atoms with Crippen molar-refractivity contribution in [3.8, 4) is 23.7 Å². The molecular weight excluding hydrogens is 519 g/mol. The summed E-state index contributed by atoms with van der Waals surface area (Å²) >= 11 is 0. The Hall–Kier alpha value is -2.61. The minimum Gasteiger partial charge on any atom is -0.255 e. The van der Waals surface area contributed by atoms with Crippen molar-refractivity contribution in [2.45, 2.75) is 117 Å². The van der Waals surface area contributed by atoms with Crippen LogP contribution in [0.4, 0.5) is 11.4 Å². The van der Waals surface area contributed by atoms with Gasteiger partial charge in [0.05, 0.1) is 17.1 Å². The zero-order valence-electron chi connectivity index (χ0n) is 24.5. The van der Waals surface area contributed by atoms with Crippen LogP contribution in [-0.2, 0) is 29.3 Å². The van der Waals surface area contributed by atoms with E-state index in [2.05, 4.69) is 93.0 Å². The molecule has 0 spiro atoms. The Balaban J connectivity index is 0.00000760. The number of unbranched alkanes of at least 4 members (excludes halogenated alkanes) is 7. The van der Waals surface area contributed by atoms with Crippen molar-refractivity contribution in [2.75, 3.05) is 0 Å². The third kappa shape index (κ3) is 15.5. The fourth-order valence-electron chi connectivity index (χ4n) is 4.20. The van der Waals surface area contributed by atoms with Crippen molar-refractivity contribution < 1.29 is 16.5 Å². The summed E-state index contributed by atoms with van der Waals surface area (Å²) in [6.07, 6.45) is 18.1. The molecule has 212 valence electrons. The Morgan fingerprint density at radius 1 is 0.615 bits per heavy atom. The van der Waals surface area contributed by atoms with Gasteiger partial charge in [-0.05, 0) is 74.6 Å². The molecule has 2 aromatic carbocycles. The fraction of sp³-hybridized carbons (Fsp3) is 0.500. The van der Waals surface area contributed by atoms with Crippen LogP contribution >= 0.6 is 0 Å². The second-order valence-corrected chi connectivity index (χ2v) is 9.84. The van der Waals surface area contributed by atoms with Gasteiger partial charge in [0.2, 0.25) is 0 Å². The Morgan fingerprint density at radius 2 is 1.15 bits per heavy atom. The summed E-state index contributed by atoms with van der Waals surface area (Å²) in [5.41, 5.74) is 5.78. The summed E-state index contributed by atoms with van der Waals surface area (Å²) in [7, 11) is 0. The van der Waals surface area contributed by atoms with Crippen LogP contribution < -0.4 is 0 Å². The van der Waals surface area contributed by atoms with Crippen molar-refractivity contribution in [2.24, 2.45) is 9.98 Å². The standard InChI is InChI=1S/C36H48N2.Ni/c1-4-7-10-13-15-17-24-32-26-20-22-29-35(32)37-31-34(28-19-12-9-6-3)38-36-30-23-21-27-33(36)25-18-16-14-11-8-5-2;/h20-23,26-27,29-31H,4-9,12,15-19,24-25,28H2,1-3H3;/b37-31+,38-34+;. The van der Waals surface area contributed by atoms with Gasteiger partial charge in [0.25, 0.3) is 0 Å². The van der Waals surface area contributed by atoms with Crippen LogP contribution in [0, 0.1) is 23.7 Å². The Morgan fingerprint density at radius 3 is 1.74 bits per heavy atom. The second-order valence-electron chi connectivity index (χ2n) is 9.84. The summed E-state index contributed by atoms with van der Waals surface area (Å²) < 4.78 is 0. The molecule has 0 bridgehead atoms. The minimum absolute atomic E-state index is 0. The SMILES string of the molecule is CCCC#CCCCc1ccccc1/N=C/C(CCCCCC)=N/c1ccccc1CCCC#CCCC.[Ni]. The predicted octanol–water partition coefficient (Wildman–Crippen LogP) is 10.4. The van der Waals surface area contributed by atoms with E-state index in [4.69, 9.17) is 9.98 Å². The number of benzene rings is 2. The number of aryl methyl sites for hydroxylation is 2. The maximum absolute atomic E-state index is 5.15. The van der Waals surface area contributed by atoms with Gasteiger partial charge in [0, 0.05) is 48.4 Å². The van der Waals surface area contributed by atoms with Gasteiger partial charge in [-0.1, -0.05) is 76.4 Å². The first kappa shape index (κ1) is 34.4. The quantitative estimate of drug-likeness (QED) is 0.0835. The number of hydrogen-bond donors (Lipinski definition) is 0. The third-order valence-electron chi connectivity index (χ3n) is 6.38. The number of nitrogens with zero attached hydrogens (tertiary/aromatic N) is 2. The number of aliphatic imine (C=N–C) groups is 2. The Bertz CT molecular complexity index is 1110. The van der Waals surface area contributed by atoms with Gasteiger partial charge in [-0.2, -0.15) is 0 Å². The monoisotopic (exact) mass is 566 g/mol. The number of rotatable bonds is 16. The van der Waals surface area contributed by atoms with E-state index in [1.54, 1.807) is 0 Å². The molecule has 0 unspecified atom stereocenters. The van der Waals surface area contributed by atoms with Crippen molar-refractivity contribution in [3.63, 3.8) is 0 Å². The molecule has 0 saturated heterocycles. The Kier molecular flexibility index (Phi) is 20.6. The fourth-order valence-corrected chi connectivity index (χ4v) is 4.20. The molecule has 0 atom stereocenters. The smallest absolute Gasteiger partial charge is 0.0665 e. The summed E-state index contributed by atoms with van der Waals surface area (Å²) in [5.74, 6) is 13.1. The molecular formula is C36H48N2Ni. The number of hydrogen-bond acceptors (Lipinski definition) is 2. The molecule has 0 aliphatic rings. The van der Waals surface area contributed by atoms with Gasteiger partial charge >= 0.3 is 0 Å². The zero-order valence-corrected chi connectivity index (χ0v) is 25.5. The molecule has 39 heavy (non-hydrogen) atoms. The van der Waals surface area contributed by atoms with Gasteiger partial charge in [0.15, 0.2) is 0 Å². The normalized spacial score (nSPS) is 10.9. The largest absolute Gasteiger partial charge is 0.255 e. The van der Waals surface area contributed by atoms with E-state index in [1.165, 1.54) is 30.4 Å². The molecule has 0 aromatic heterocycles. The molecule has 0 saturated carbocycles. The average molecular weight is 567 g/mol. The van der Waals surface area contributed by atoms with Crippen molar-refractivity contribution >= 4 is 23.3 Å². The van der Waals surface area contributed by atoms with Gasteiger partial charge in [-0.3, -0.25) is 9.98 Å². The van der Waals surface area contributed by atoms with Gasteiger partial charge in [-0.25, -0.2) is 0 Å². The molecule has 0 heterocycles. The van der Waals surface area contributed by atoms with E-state index in [0.717, 1.165) is 94.1 Å². The van der Waals surface area contributed by atoms with Crippen LogP contribution in [0.1, 0.15) is 115 Å². The van der Waals surface area contributed by atoms with E-state index >= 15 is 0 Å². The van der Waals surface area contributed by atoms with Crippen LogP contribution in [0.2, 0.25) is 0 Å². The summed E-state index contributed by atoms with van der Waals surface area (Å²) in [6.45, 7) is 6.61. The first-order valence-electron chi connectivity index (χ1n) is 15.0. The van der Waals surface area contributed by atoms with E-state index < -0.39 is 0 Å². The molecule has 0 aliphatic heterocycles. The summed E-state index contributed by atoms with van der Waals surface area (Å²) in [4.78, 5) is 10.1. The maximum atomic E-state index is 5.15. The van der Waals surface area contributed by atoms with Crippen LogP contribution in [0.5, 0.6) is 0 Å². The van der Waals surface area contributed by atoms with Crippen LogP contribution in [0.3, 0.4) is 0 Å². The molecule has 0 radical (unpaired) electrons. The first-order chi connectivity index (χ1) is 18.8. The predicted molar refractivity (Wildman–Crippen MR) is 168 cm³/mol. The average Bonchev–Trinajstić information content (AvgIpc) is 2.94. The van der Waals surface area contributed by atoms with Gasteiger partial charge in [0.1, 0.15) is 0 Å². The maximum Gasteiger partial charge on any atom is 0.0665 e. The summed E-state index contributed by atoms with van der Waals surface area (Å²) in [5, 5.41) is 0. The topological polar surface area (TPSA) is 24.7 Å². The molecule has 0 aliphatic carbocycles. The Labute approximate surface area is 249 Å². The number of para-hydroxylation sites is 2. The first-order valence-corrected chi connectivity index (χ1v) is 15.0. The zero-order chi connectivity index (χ0) is 27.1. The van der Waals surface area contributed by atoms with E-state index in [1.807, 2.05) is 6.21 Å². The van der Waals surface area contributed by atoms with Crippen LogP contribution in [0.15, 0.2) is 58.5 Å². The van der Waals surface area contributed by atoms with Gasteiger partial charge < -0.3 is 0 Å². The molecule has 2 nitrogen and oxygen atoms in total. The van der Waals surface area contributed by atoms with Gasteiger partial charge in [-0.15, -0.1) is 23.7 Å². The van der Waals surface area contributed by atoms with E-state index in [-0.39, 0.29) is 16.5 Å². The molecule has 2 aromatic rings. The molecule has 0 fully saturated rings. The van der Waals surface area contributed by atoms with E-state index in [0.29, 0.717) is 0 Å². The van der Waals surface area contributed by atoms with Crippen LogP contribution in [-0.4, -0.2) is 11.9 Å². The second kappa shape index (κ2) is 23.3. The van der Waals surface area contributed by atoms with Crippen molar-refractivity contribution in [1.29, 1.82) is 0 Å². The van der Waals surface area contributed by atoms with Crippen molar-refractivity contribution in [3.05, 3.63) is 59.7 Å². The molecule has 0 amide bonds. The van der Waals surface area contributed by atoms with E-state index in [9.17, 15) is 0 Å². The molecule has 0 N–H and O–H groups in total. The third-order valence-corrected chi connectivity index (χ3v) is 6.38. The molecule has 2 rings (SSSR count). The van der Waals surface area contributed by atoms with Crippen LogP contribution in [0.25, 0.3) is 0 Å². The molecule has 3 heteroatoms.